The Labute approximate surface area is 224 Å². The molecule has 6 rings (SSSR count). The highest BCUT2D eigenvalue weighted by Crippen LogP contribution is 2.31. The van der Waals surface area contributed by atoms with Gasteiger partial charge in [0.1, 0.15) is 12.4 Å². The summed E-state index contributed by atoms with van der Waals surface area (Å²) in [6.07, 6.45) is 1.86. The highest BCUT2D eigenvalue weighted by molar-refractivity contribution is 5.95. The molecule has 4 aromatic carbocycles. The van der Waals surface area contributed by atoms with Gasteiger partial charge in [0.15, 0.2) is 0 Å². The van der Waals surface area contributed by atoms with E-state index < -0.39 is 0 Å². The second-order valence-electron chi connectivity index (χ2n) is 9.85. The van der Waals surface area contributed by atoms with Gasteiger partial charge < -0.3 is 19.9 Å². The Bertz CT molecular complexity index is 1490. The normalized spacial score (nSPS) is 14.0. The molecule has 0 radical (unpaired) electrons. The number of aromatic nitrogens is 1. The lowest BCUT2D eigenvalue weighted by Gasteiger charge is -2.34. The maximum absolute atomic E-state index is 5.97. The van der Waals surface area contributed by atoms with Gasteiger partial charge in [0.25, 0.3) is 0 Å². The van der Waals surface area contributed by atoms with Crippen LogP contribution in [0, 0.1) is 0 Å². The Kier molecular flexibility index (Phi) is 6.92. The number of fused-ring (bicyclic) bond motifs is 1. The van der Waals surface area contributed by atoms with Gasteiger partial charge in [-0.3, -0.25) is 4.98 Å². The fraction of sp³-hybridized carbons (Fsp3) is 0.182. The Balaban J connectivity index is 1.18. The number of likely N-dealkylation sites (N-methyl/N-ethyl adjacent to an activating group) is 1. The standard InChI is InChI=1S/C33H32N4O/c1-36-19-21-37(22-20-36)29-12-10-28(11-13-29)35-33-17-18-34-32-16-9-27(23-31(32)33)26-7-14-30(15-8-26)38-24-25-5-3-2-4-6-25/h2-18,23H,19-22,24H2,1H3,(H,34,35). The molecule has 1 aromatic heterocycles. The Morgan fingerprint density at radius 2 is 1.50 bits per heavy atom. The summed E-state index contributed by atoms with van der Waals surface area (Å²) in [5.74, 6) is 0.863. The van der Waals surface area contributed by atoms with Gasteiger partial charge in [0.05, 0.1) is 5.52 Å². The number of nitrogens with zero attached hydrogens (tertiary/aromatic N) is 3. The van der Waals surface area contributed by atoms with Crippen LogP contribution in [-0.2, 0) is 6.61 Å². The van der Waals surface area contributed by atoms with E-state index in [0.29, 0.717) is 6.61 Å². The maximum atomic E-state index is 5.97. The number of benzene rings is 4. The minimum Gasteiger partial charge on any atom is -0.489 e. The molecule has 1 saturated heterocycles. The number of rotatable bonds is 7. The Morgan fingerprint density at radius 1 is 0.763 bits per heavy atom. The van der Waals surface area contributed by atoms with Crippen LogP contribution in [-0.4, -0.2) is 43.1 Å². The van der Waals surface area contributed by atoms with Crippen LogP contribution in [0.4, 0.5) is 17.1 Å². The van der Waals surface area contributed by atoms with E-state index in [0.717, 1.165) is 70.9 Å². The van der Waals surface area contributed by atoms with E-state index >= 15 is 0 Å². The molecular weight excluding hydrogens is 468 g/mol. The minimum atomic E-state index is 0.563. The average molecular weight is 501 g/mol. The van der Waals surface area contributed by atoms with Crippen molar-refractivity contribution in [2.45, 2.75) is 6.61 Å². The molecule has 0 spiro atoms. The van der Waals surface area contributed by atoms with Crippen molar-refractivity contribution in [1.29, 1.82) is 0 Å². The third-order valence-corrected chi connectivity index (χ3v) is 7.19. The summed E-state index contributed by atoms with van der Waals surface area (Å²) in [6.45, 7) is 4.92. The highest BCUT2D eigenvalue weighted by Gasteiger charge is 2.14. The highest BCUT2D eigenvalue weighted by atomic mass is 16.5. The van der Waals surface area contributed by atoms with Crippen LogP contribution >= 0.6 is 0 Å². The average Bonchev–Trinajstić information content (AvgIpc) is 2.98. The molecule has 0 saturated carbocycles. The second kappa shape index (κ2) is 11.0. The zero-order chi connectivity index (χ0) is 25.7. The zero-order valence-corrected chi connectivity index (χ0v) is 21.7. The van der Waals surface area contributed by atoms with E-state index in [2.05, 4.69) is 93.9 Å². The van der Waals surface area contributed by atoms with E-state index in [9.17, 15) is 0 Å². The van der Waals surface area contributed by atoms with Crippen LogP contribution in [0.5, 0.6) is 5.75 Å². The van der Waals surface area contributed by atoms with Crippen LogP contribution in [0.3, 0.4) is 0 Å². The molecular formula is C33H32N4O. The molecule has 1 fully saturated rings. The van der Waals surface area contributed by atoms with Crippen LogP contribution < -0.4 is 15.0 Å². The van der Waals surface area contributed by atoms with Gasteiger partial charge in [-0.2, -0.15) is 0 Å². The number of pyridine rings is 1. The molecule has 5 heteroatoms. The number of piperazine rings is 1. The van der Waals surface area contributed by atoms with E-state index in [1.165, 1.54) is 5.69 Å². The number of anilines is 3. The summed E-state index contributed by atoms with van der Waals surface area (Å²) >= 11 is 0. The van der Waals surface area contributed by atoms with Crippen molar-refractivity contribution >= 4 is 28.0 Å². The van der Waals surface area contributed by atoms with Crippen LogP contribution in [0.15, 0.2) is 109 Å². The quantitative estimate of drug-likeness (QED) is 0.261. The lowest BCUT2D eigenvalue weighted by Crippen LogP contribution is -2.44. The summed E-state index contributed by atoms with van der Waals surface area (Å²) in [7, 11) is 2.19. The molecule has 2 heterocycles. The largest absolute Gasteiger partial charge is 0.489 e. The third kappa shape index (κ3) is 5.48. The van der Waals surface area contributed by atoms with Crippen LogP contribution in [0.2, 0.25) is 0 Å². The van der Waals surface area contributed by atoms with Crippen molar-refractivity contribution in [1.82, 2.24) is 9.88 Å². The Hall–Kier alpha value is -4.35. The van der Waals surface area contributed by atoms with Gasteiger partial charge in [-0.25, -0.2) is 0 Å². The lowest BCUT2D eigenvalue weighted by atomic mass is 10.0. The summed E-state index contributed by atoms with van der Waals surface area (Å²) in [5, 5.41) is 4.71. The number of nitrogens with one attached hydrogen (secondary N) is 1. The minimum absolute atomic E-state index is 0.563. The topological polar surface area (TPSA) is 40.6 Å². The first-order chi connectivity index (χ1) is 18.7. The first-order valence-electron chi connectivity index (χ1n) is 13.2. The third-order valence-electron chi connectivity index (χ3n) is 7.19. The predicted molar refractivity (Wildman–Crippen MR) is 157 cm³/mol. The molecule has 5 aromatic rings. The van der Waals surface area contributed by atoms with Crippen LogP contribution in [0.25, 0.3) is 22.0 Å². The number of ether oxygens (including phenoxy) is 1. The first kappa shape index (κ1) is 24.0. The molecule has 5 nitrogen and oxygen atoms in total. The van der Waals surface area contributed by atoms with Crippen molar-refractivity contribution in [2.75, 3.05) is 43.4 Å². The molecule has 0 aliphatic carbocycles. The van der Waals surface area contributed by atoms with Gasteiger partial charge in [-0.05, 0) is 78.3 Å². The maximum Gasteiger partial charge on any atom is 0.119 e. The van der Waals surface area contributed by atoms with E-state index in [4.69, 9.17) is 4.74 Å². The lowest BCUT2D eigenvalue weighted by molar-refractivity contribution is 0.306. The van der Waals surface area contributed by atoms with Gasteiger partial charge in [-0.1, -0.05) is 48.5 Å². The van der Waals surface area contributed by atoms with E-state index in [1.54, 1.807) is 0 Å². The SMILES string of the molecule is CN1CCN(c2ccc(Nc3ccnc4ccc(-c5ccc(OCc6ccccc6)cc5)cc34)cc2)CC1. The summed E-state index contributed by atoms with van der Waals surface area (Å²) in [6, 6.07) is 35.7. The molecule has 0 bridgehead atoms. The van der Waals surface area contributed by atoms with Gasteiger partial charge in [0, 0.05) is 54.8 Å². The van der Waals surface area contributed by atoms with Crippen molar-refractivity contribution in [3.8, 4) is 16.9 Å². The summed E-state index contributed by atoms with van der Waals surface area (Å²) in [4.78, 5) is 9.43. The number of hydrogen-bond donors (Lipinski definition) is 1. The monoisotopic (exact) mass is 500 g/mol. The van der Waals surface area contributed by atoms with E-state index in [-0.39, 0.29) is 0 Å². The molecule has 190 valence electrons. The zero-order valence-electron chi connectivity index (χ0n) is 21.7. The summed E-state index contributed by atoms with van der Waals surface area (Å²) < 4.78 is 5.97. The molecule has 0 unspecified atom stereocenters. The molecule has 38 heavy (non-hydrogen) atoms. The fourth-order valence-electron chi connectivity index (χ4n) is 4.90. The second-order valence-corrected chi connectivity index (χ2v) is 9.85. The molecule has 1 aliphatic heterocycles. The predicted octanol–water partition coefficient (Wildman–Crippen LogP) is 6.98. The Morgan fingerprint density at radius 3 is 2.26 bits per heavy atom. The molecule has 0 atom stereocenters. The molecule has 1 aliphatic rings. The summed E-state index contributed by atoms with van der Waals surface area (Å²) in [5.41, 5.74) is 7.82. The molecule has 0 amide bonds. The smallest absolute Gasteiger partial charge is 0.119 e. The van der Waals surface area contributed by atoms with Crippen molar-refractivity contribution in [3.05, 3.63) is 115 Å². The van der Waals surface area contributed by atoms with E-state index in [1.807, 2.05) is 42.6 Å². The fourth-order valence-corrected chi connectivity index (χ4v) is 4.90. The van der Waals surface area contributed by atoms with Crippen molar-refractivity contribution in [3.63, 3.8) is 0 Å². The first-order valence-corrected chi connectivity index (χ1v) is 13.2. The van der Waals surface area contributed by atoms with Crippen molar-refractivity contribution < 1.29 is 4.74 Å². The number of hydrogen-bond acceptors (Lipinski definition) is 5. The van der Waals surface area contributed by atoms with Crippen molar-refractivity contribution in [2.24, 2.45) is 0 Å². The molecule has 1 N–H and O–H groups in total. The van der Waals surface area contributed by atoms with Gasteiger partial charge in [-0.15, -0.1) is 0 Å². The van der Waals surface area contributed by atoms with Gasteiger partial charge >= 0.3 is 0 Å². The van der Waals surface area contributed by atoms with Gasteiger partial charge in [0.2, 0.25) is 0 Å². The van der Waals surface area contributed by atoms with Crippen LogP contribution in [0.1, 0.15) is 5.56 Å².